The highest BCUT2D eigenvalue weighted by atomic mass is 16.1. The first-order valence-corrected chi connectivity index (χ1v) is 6.06. The van der Waals surface area contributed by atoms with Crippen molar-refractivity contribution in [3.63, 3.8) is 0 Å². The summed E-state index contributed by atoms with van der Waals surface area (Å²) in [6.45, 7) is 7.10. The predicted molar refractivity (Wildman–Crippen MR) is 68.2 cm³/mol. The maximum atomic E-state index is 11.7. The van der Waals surface area contributed by atoms with E-state index in [9.17, 15) is 4.79 Å². The largest absolute Gasteiger partial charge is 0.352 e. The predicted octanol–water partition coefficient (Wildman–Crippen LogP) is 0.816. The van der Waals surface area contributed by atoms with Gasteiger partial charge < -0.3 is 16.0 Å². The molecule has 0 rings (SSSR count). The number of amides is 1. The van der Waals surface area contributed by atoms with Crippen LogP contribution in [-0.4, -0.2) is 43.5 Å². The molecule has 0 saturated carbocycles. The van der Waals surface area contributed by atoms with Gasteiger partial charge in [-0.2, -0.15) is 0 Å². The summed E-state index contributed by atoms with van der Waals surface area (Å²) in [6, 6.07) is 0.179. The smallest absolute Gasteiger partial charge is 0.221 e. The van der Waals surface area contributed by atoms with Crippen LogP contribution in [0.4, 0.5) is 0 Å². The molecule has 2 unspecified atom stereocenters. The van der Waals surface area contributed by atoms with Crippen LogP contribution in [0.2, 0.25) is 0 Å². The second-order valence-electron chi connectivity index (χ2n) is 5.05. The van der Waals surface area contributed by atoms with E-state index in [1.807, 2.05) is 21.0 Å². The fourth-order valence-electron chi connectivity index (χ4n) is 1.46. The zero-order valence-electron chi connectivity index (χ0n) is 11.3. The van der Waals surface area contributed by atoms with Crippen molar-refractivity contribution in [1.82, 2.24) is 10.2 Å². The van der Waals surface area contributed by atoms with E-state index in [0.717, 1.165) is 13.0 Å². The molecule has 0 saturated heterocycles. The maximum absolute atomic E-state index is 11.7. The number of carbonyl (C=O) groups excluding carboxylic acids is 1. The Bertz CT molecular complexity index is 204. The summed E-state index contributed by atoms with van der Waals surface area (Å²) in [7, 11) is 4.03. The van der Waals surface area contributed by atoms with E-state index < -0.39 is 0 Å². The molecule has 0 spiro atoms. The minimum Gasteiger partial charge on any atom is -0.352 e. The van der Waals surface area contributed by atoms with Crippen molar-refractivity contribution >= 4 is 5.91 Å². The molecular formula is C12H27N3O. The minimum absolute atomic E-state index is 0.0211. The zero-order chi connectivity index (χ0) is 12.7. The molecule has 0 heterocycles. The van der Waals surface area contributed by atoms with Crippen LogP contribution >= 0.6 is 0 Å². The zero-order valence-corrected chi connectivity index (χ0v) is 11.3. The van der Waals surface area contributed by atoms with Crippen LogP contribution in [0.5, 0.6) is 0 Å². The topological polar surface area (TPSA) is 58.4 Å². The number of likely N-dealkylation sites (N-methyl/N-ethyl adjacent to an activating group) is 1. The average molecular weight is 229 g/mol. The third-order valence-corrected chi connectivity index (χ3v) is 2.68. The van der Waals surface area contributed by atoms with Crippen molar-refractivity contribution < 1.29 is 4.79 Å². The van der Waals surface area contributed by atoms with Gasteiger partial charge in [0.25, 0.3) is 0 Å². The van der Waals surface area contributed by atoms with E-state index in [1.54, 1.807) is 0 Å². The van der Waals surface area contributed by atoms with Gasteiger partial charge in [-0.25, -0.2) is 0 Å². The molecule has 0 radical (unpaired) electrons. The van der Waals surface area contributed by atoms with Gasteiger partial charge in [-0.1, -0.05) is 20.8 Å². The Kier molecular flexibility index (Phi) is 7.34. The van der Waals surface area contributed by atoms with Crippen molar-refractivity contribution in [2.24, 2.45) is 11.7 Å². The Labute approximate surface area is 99.6 Å². The summed E-state index contributed by atoms with van der Waals surface area (Å²) in [6.07, 6.45) is 1.26. The van der Waals surface area contributed by atoms with E-state index in [4.69, 9.17) is 5.73 Å². The van der Waals surface area contributed by atoms with Gasteiger partial charge in [-0.3, -0.25) is 4.79 Å². The summed E-state index contributed by atoms with van der Waals surface area (Å²) < 4.78 is 0. The summed E-state index contributed by atoms with van der Waals surface area (Å²) in [5, 5.41) is 3.05. The summed E-state index contributed by atoms with van der Waals surface area (Å²) in [5.74, 6) is 0.499. The molecule has 0 aromatic heterocycles. The molecule has 0 bridgehead atoms. The van der Waals surface area contributed by atoms with E-state index in [-0.39, 0.29) is 18.0 Å². The second-order valence-corrected chi connectivity index (χ2v) is 5.05. The van der Waals surface area contributed by atoms with Gasteiger partial charge in [0.2, 0.25) is 5.91 Å². The fourth-order valence-corrected chi connectivity index (χ4v) is 1.46. The highest BCUT2D eigenvalue weighted by Crippen LogP contribution is 2.04. The highest BCUT2D eigenvalue weighted by Gasteiger charge is 2.17. The van der Waals surface area contributed by atoms with E-state index in [0.29, 0.717) is 12.3 Å². The molecule has 16 heavy (non-hydrogen) atoms. The Morgan fingerprint density at radius 1 is 1.38 bits per heavy atom. The standard InChI is InChI=1S/C12H27N3O/c1-6-10(13)7-12(16)14-11(9(2)3)8-15(4)5/h9-11H,6-8,13H2,1-5H3,(H,14,16). The van der Waals surface area contributed by atoms with E-state index >= 15 is 0 Å². The normalized spacial score (nSPS) is 15.2. The lowest BCUT2D eigenvalue weighted by atomic mass is 10.0. The van der Waals surface area contributed by atoms with Crippen molar-refractivity contribution in [3.8, 4) is 0 Å². The van der Waals surface area contributed by atoms with Crippen LogP contribution in [-0.2, 0) is 4.79 Å². The summed E-state index contributed by atoms with van der Waals surface area (Å²) >= 11 is 0. The lowest BCUT2D eigenvalue weighted by Crippen LogP contribution is -2.46. The van der Waals surface area contributed by atoms with Crippen molar-refractivity contribution in [3.05, 3.63) is 0 Å². The molecule has 0 aromatic carbocycles. The van der Waals surface area contributed by atoms with Crippen molar-refractivity contribution in [2.45, 2.75) is 45.7 Å². The number of nitrogens with one attached hydrogen (secondary N) is 1. The minimum atomic E-state index is -0.0211. The fraction of sp³-hybridized carbons (Fsp3) is 0.917. The average Bonchev–Trinajstić information content (AvgIpc) is 2.15. The quantitative estimate of drug-likeness (QED) is 0.679. The SMILES string of the molecule is CCC(N)CC(=O)NC(CN(C)C)C(C)C. The first-order chi connectivity index (χ1) is 7.36. The summed E-state index contributed by atoms with van der Waals surface area (Å²) in [4.78, 5) is 13.8. The molecule has 0 aliphatic heterocycles. The Morgan fingerprint density at radius 3 is 2.31 bits per heavy atom. The molecule has 0 fully saturated rings. The van der Waals surface area contributed by atoms with Crippen LogP contribution in [0.1, 0.15) is 33.6 Å². The molecular weight excluding hydrogens is 202 g/mol. The van der Waals surface area contributed by atoms with E-state index in [1.165, 1.54) is 0 Å². The Balaban J connectivity index is 4.13. The van der Waals surface area contributed by atoms with Gasteiger partial charge in [0.15, 0.2) is 0 Å². The second kappa shape index (κ2) is 7.63. The molecule has 0 aliphatic carbocycles. The number of carbonyl (C=O) groups is 1. The number of rotatable bonds is 7. The van der Waals surface area contributed by atoms with Crippen molar-refractivity contribution in [2.75, 3.05) is 20.6 Å². The molecule has 4 nitrogen and oxygen atoms in total. The third kappa shape index (κ3) is 6.80. The molecule has 0 aliphatic rings. The molecule has 0 aromatic rings. The van der Waals surface area contributed by atoms with Crippen molar-refractivity contribution in [1.29, 1.82) is 0 Å². The number of hydrogen-bond acceptors (Lipinski definition) is 3. The van der Waals surface area contributed by atoms with Crippen LogP contribution in [0.15, 0.2) is 0 Å². The van der Waals surface area contributed by atoms with Gasteiger partial charge >= 0.3 is 0 Å². The number of nitrogens with zero attached hydrogens (tertiary/aromatic N) is 1. The first-order valence-electron chi connectivity index (χ1n) is 6.06. The van der Waals surface area contributed by atoms with Crippen LogP contribution in [0, 0.1) is 5.92 Å². The molecule has 2 atom stereocenters. The third-order valence-electron chi connectivity index (χ3n) is 2.68. The Morgan fingerprint density at radius 2 is 1.94 bits per heavy atom. The lowest BCUT2D eigenvalue weighted by molar-refractivity contribution is -0.122. The lowest BCUT2D eigenvalue weighted by Gasteiger charge is -2.26. The molecule has 3 N–H and O–H groups in total. The van der Waals surface area contributed by atoms with Gasteiger partial charge in [-0.05, 0) is 26.4 Å². The van der Waals surface area contributed by atoms with Crippen LogP contribution in [0.3, 0.4) is 0 Å². The van der Waals surface area contributed by atoms with Gasteiger partial charge in [0, 0.05) is 25.0 Å². The monoisotopic (exact) mass is 229 g/mol. The van der Waals surface area contributed by atoms with E-state index in [2.05, 4.69) is 24.1 Å². The maximum Gasteiger partial charge on any atom is 0.221 e. The molecule has 1 amide bonds. The van der Waals surface area contributed by atoms with Gasteiger partial charge in [-0.15, -0.1) is 0 Å². The molecule has 4 heteroatoms. The Hall–Kier alpha value is -0.610. The first kappa shape index (κ1) is 15.4. The van der Waals surface area contributed by atoms with Crippen LogP contribution < -0.4 is 11.1 Å². The van der Waals surface area contributed by atoms with Gasteiger partial charge in [0.05, 0.1) is 0 Å². The molecule has 96 valence electrons. The number of nitrogens with two attached hydrogens (primary N) is 1. The van der Waals surface area contributed by atoms with Gasteiger partial charge in [0.1, 0.15) is 0 Å². The summed E-state index contributed by atoms with van der Waals surface area (Å²) in [5.41, 5.74) is 5.76. The van der Waals surface area contributed by atoms with Crippen LogP contribution in [0.25, 0.3) is 0 Å². The highest BCUT2D eigenvalue weighted by molar-refractivity contribution is 5.76. The number of hydrogen-bond donors (Lipinski definition) is 2.